The first-order valence-electron chi connectivity index (χ1n) is 10.3. The van der Waals surface area contributed by atoms with Gasteiger partial charge in [0.25, 0.3) is 5.69 Å². The van der Waals surface area contributed by atoms with Crippen LogP contribution in [-0.4, -0.2) is 40.2 Å². The zero-order chi connectivity index (χ0) is 25.0. The van der Waals surface area contributed by atoms with E-state index >= 15 is 0 Å². The van der Waals surface area contributed by atoms with Crippen molar-refractivity contribution >= 4 is 22.6 Å². The van der Waals surface area contributed by atoms with Crippen LogP contribution in [-0.2, 0) is 22.3 Å². The molecule has 2 atom stereocenters. The van der Waals surface area contributed by atoms with Crippen LogP contribution < -0.4 is 10.1 Å². The number of nitro benzene ring substituents is 1. The van der Waals surface area contributed by atoms with Crippen molar-refractivity contribution in [3.63, 3.8) is 0 Å². The molecule has 34 heavy (non-hydrogen) atoms. The van der Waals surface area contributed by atoms with Gasteiger partial charge in [-0.05, 0) is 37.6 Å². The predicted octanol–water partition coefficient (Wildman–Crippen LogP) is 4.25. The number of rotatable bonds is 9. The van der Waals surface area contributed by atoms with Crippen molar-refractivity contribution in [3.05, 3.63) is 64.0 Å². The monoisotopic (exact) mass is 480 g/mol. The Kier molecular flexibility index (Phi) is 7.40. The molecule has 0 saturated heterocycles. The summed E-state index contributed by atoms with van der Waals surface area (Å²) < 4.78 is 52.4. The Morgan fingerprint density at radius 3 is 2.65 bits per heavy atom. The highest BCUT2D eigenvalue weighted by atomic mass is 19.4. The Bertz CT molecular complexity index is 1190. The van der Waals surface area contributed by atoms with Crippen LogP contribution in [0.1, 0.15) is 31.0 Å². The number of aromatic nitrogens is 2. The third-order valence-corrected chi connectivity index (χ3v) is 5.19. The number of nitrogens with zero attached hydrogens (tertiary/aromatic N) is 3. The van der Waals surface area contributed by atoms with Crippen LogP contribution in [0.4, 0.5) is 18.9 Å². The third kappa shape index (κ3) is 5.63. The van der Waals surface area contributed by atoms with Gasteiger partial charge in [0.1, 0.15) is 24.4 Å². The number of hydrogen-bond donors (Lipinski definition) is 1. The van der Waals surface area contributed by atoms with Gasteiger partial charge in [-0.2, -0.15) is 13.2 Å². The number of hydrogen-bond acceptors (Lipinski definition) is 6. The van der Waals surface area contributed by atoms with E-state index < -0.39 is 34.7 Å². The van der Waals surface area contributed by atoms with Gasteiger partial charge in [-0.15, -0.1) is 0 Å². The lowest BCUT2D eigenvalue weighted by Gasteiger charge is -2.20. The molecule has 0 aliphatic rings. The van der Waals surface area contributed by atoms with Crippen molar-refractivity contribution in [2.24, 2.45) is 0 Å². The number of alkyl halides is 3. The number of amides is 1. The molecule has 0 spiro atoms. The average Bonchev–Trinajstić information content (AvgIpc) is 3.19. The summed E-state index contributed by atoms with van der Waals surface area (Å²) in [6.07, 6.45) is -3.76. The first-order chi connectivity index (χ1) is 16.0. The molecule has 0 aliphatic heterocycles. The second kappa shape index (κ2) is 10.1. The Morgan fingerprint density at radius 2 is 2.00 bits per heavy atom. The molecule has 9 nitrogen and oxygen atoms in total. The van der Waals surface area contributed by atoms with Crippen molar-refractivity contribution in [2.45, 2.75) is 38.7 Å². The molecule has 3 aromatic rings. The molecule has 1 heterocycles. The fraction of sp³-hybridized carbons (Fsp3) is 0.364. The first-order valence-corrected chi connectivity index (χ1v) is 10.3. The van der Waals surface area contributed by atoms with Crippen LogP contribution in [0.5, 0.6) is 5.75 Å². The number of ether oxygens (including phenoxy) is 2. The maximum Gasteiger partial charge on any atom is 0.419 e. The summed E-state index contributed by atoms with van der Waals surface area (Å²) in [6.45, 7) is 2.84. The summed E-state index contributed by atoms with van der Waals surface area (Å²) in [7, 11) is 1.43. The lowest BCUT2D eigenvalue weighted by Crippen LogP contribution is -2.30. The van der Waals surface area contributed by atoms with Crippen molar-refractivity contribution in [1.29, 1.82) is 0 Å². The molecule has 0 bridgehead atoms. The van der Waals surface area contributed by atoms with Gasteiger partial charge < -0.3 is 19.4 Å². The number of carbonyl (C=O) groups is 1. The van der Waals surface area contributed by atoms with E-state index in [1.54, 1.807) is 13.0 Å². The molecule has 2 aromatic carbocycles. The zero-order valence-electron chi connectivity index (χ0n) is 18.6. The Hall–Kier alpha value is -3.67. The molecule has 0 radical (unpaired) electrons. The number of imidazole rings is 1. The van der Waals surface area contributed by atoms with E-state index in [0.717, 1.165) is 6.07 Å². The fourth-order valence-electron chi connectivity index (χ4n) is 3.34. The van der Waals surface area contributed by atoms with E-state index in [1.807, 2.05) is 0 Å². The molecular formula is C22H23F3N4O5. The topological polar surface area (TPSA) is 109 Å². The van der Waals surface area contributed by atoms with E-state index in [-0.39, 0.29) is 35.7 Å². The largest absolute Gasteiger partial charge is 0.490 e. The van der Waals surface area contributed by atoms with E-state index in [2.05, 4.69) is 10.3 Å². The third-order valence-electron chi connectivity index (χ3n) is 5.19. The SMILES string of the molecule is CO[C@@H](C)COc1ccc(C(C)NC(=O)Cn2cnc3cccc([N+](=O)[O-])c32)cc1C(F)(F)F. The number of methoxy groups -OCH3 is 1. The van der Waals surface area contributed by atoms with Crippen molar-refractivity contribution in [2.75, 3.05) is 13.7 Å². The van der Waals surface area contributed by atoms with Gasteiger partial charge in [0.15, 0.2) is 0 Å². The summed E-state index contributed by atoms with van der Waals surface area (Å²) >= 11 is 0. The molecule has 0 fully saturated rings. The molecule has 12 heteroatoms. The molecule has 3 rings (SSSR count). The quantitative estimate of drug-likeness (QED) is 0.362. The van der Waals surface area contributed by atoms with Crippen molar-refractivity contribution in [1.82, 2.24) is 14.9 Å². The van der Waals surface area contributed by atoms with Crippen molar-refractivity contribution < 1.29 is 32.4 Å². The van der Waals surface area contributed by atoms with Crippen LogP contribution >= 0.6 is 0 Å². The van der Waals surface area contributed by atoms with Gasteiger partial charge in [-0.25, -0.2) is 4.98 Å². The lowest BCUT2D eigenvalue weighted by molar-refractivity contribution is -0.383. The number of nitro groups is 1. The second-order valence-corrected chi connectivity index (χ2v) is 7.67. The van der Waals surface area contributed by atoms with Gasteiger partial charge in [0, 0.05) is 13.2 Å². The normalized spacial score (nSPS) is 13.5. The number of halogens is 3. The summed E-state index contributed by atoms with van der Waals surface area (Å²) in [5.41, 5.74) is -0.423. The van der Waals surface area contributed by atoms with E-state index in [0.29, 0.717) is 5.52 Å². The Morgan fingerprint density at radius 1 is 1.26 bits per heavy atom. The van der Waals surface area contributed by atoms with Gasteiger partial charge in [0.2, 0.25) is 5.91 Å². The molecule has 1 aromatic heterocycles. The van der Waals surface area contributed by atoms with E-state index in [1.165, 1.54) is 49.2 Å². The summed E-state index contributed by atoms with van der Waals surface area (Å²) in [4.78, 5) is 27.4. The molecule has 182 valence electrons. The summed E-state index contributed by atoms with van der Waals surface area (Å²) in [5, 5.41) is 13.9. The standard InChI is InChI=1S/C22H23F3N4O5/c1-13(33-3)11-34-19-8-7-15(9-16(19)22(23,24)25)14(2)27-20(30)10-28-12-26-17-5-4-6-18(21(17)28)29(31)32/h4-9,12-14H,10-11H2,1-3H3,(H,27,30)/t13-,14?/m0/s1. The van der Waals surface area contributed by atoms with Gasteiger partial charge in [-0.1, -0.05) is 12.1 Å². The molecule has 0 aliphatic carbocycles. The zero-order valence-corrected chi connectivity index (χ0v) is 18.6. The van der Waals surface area contributed by atoms with Crippen LogP contribution in [0.2, 0.25) is 0 Å². The lowest BCUT2D eigenvalue weighted by atomic mass is 10.0. The number of benzene rings is 2. The Balaban J connectivity index is 1.78. The second-order valence-electron chi connectivity index (χ2n) is 7.67. The number of non-ortho nitro benzene ring substituents is 1. The average molecular weight is 480 g/mol. The van der Waals surface area contributed by atoms with Gasteiger partial charge in [-0.3, -0.25) is 14.9 Å². The van der Waals surface area contributed by atoms with E-state index in [9.17, 15) is 28.1 Å². The van der Waals surface area contributed by atoms with Gasteiger partial charge in [0.05, 0.1) is 34.5 Å². The van der Waals surface area contributed by atoms with E-state index in [4.69, 9.17) is 9.47 Å². The summed E-state index contributed by atoms with van der Waals surface area (Å²) in [6, 6.07) is 7.16. The molecule has 1 N–H and O–H groups in total. The minimum atomic E-state index is -4.67. The van der Waals surface area contributed by atoms with Crippen LogP contribution in [0.15, 0.2) is 42.7 Å². The summed E-state index contributed by atoms with van der Waals surface area (Å²) in [5.74, 6) is -0.886. The number of carbonyl (C=O) groups excluding carboxylic acids is 1. The Labute approximate surface area is 192 Å². The molecular weight excluding hydrogens is 457 g/mol. The maximum absolute atomic E-state index is 13.6. The fourth-order valence-corrected chi connectivity index (χ4v) is 3.34. The number of nitrogens with one attached hydrogen (secondary N) is 1. The minimum absolute atomic E-state index is 0.0593. The smallest absolute Gasteiger partial charge is 0.419 e. The molecule has 1 amide bonds. The van der Waals surface area contributed by atoms with Gasteiger partial charge >= 0.3 is 6.18 Å². The highest BCUT2D eigenvalue weighted by Gasteiger charge is 2.35. The van der Waals surface area contributed by atoms with Crippen LogP contribution in [0, 0.1) is 10.1 Å². The van der Waals surface area contributed by atoms with Crippen LogP contribution in [0.25, 0.3) is 11.0 Å². The molecule has 1 unspecified atom stereocenters. The predicted molar refractivity (Wildman–Crippen MR) is 116 cm³/mol. The highest BCUT2D eigenvalue weighted by molar-refractivity contribution is 5.87. The van der Waals surface area contributed by atoms with Crippen LogP contribution in [0.3, 0.4) is 0 Å². The number of para-hydroxylation sites is 1. The molecule has 0 saturated carbocycles. The first kappa shape index (κ1) is 25.0. The highest BCUT2D eigenvalue weighted by Crippen LogP contribution is 2.38. The number of fused-ring (bicyclic) bond motifs is 1. The van der Waals surface area contributed by atoms with Crippen molar-refractivity contribution in [3.8, 4) is 5.75 Å². The minimum Gasteiger partial charge on any atom is -0.490 e. The maximum atomic E-state index is 13.6.